The van der Waals surface area contributed by atoms with Gasteiger partial charge < -0.3 is 10.2 Å². The average molecular weight is 413 g/mol. The maximum absolute atomic E-state index is 13.7. The molecular weight excluding hydrogens is 385 g/mol. The van der Waals surface area contributed by atoms with E-state index in [0.717, 1.165) is 26.2 Å². The number of carbonyl (C=O) groups is 2. The summed E-state index contributed by atoms with van der Waals surface area (Å²) in [5, 5.41) is 6.88. The molecule has 2 amide bonds. The molecule has 8 heteroatoms. The van der Waals surface area contributed by atoms with Gasteiger partial charge in [0, 0.05) is 38.4 Å². The van der Waals surface area contributed by atoms with E-state index in [0.29, 0.717) is 17.3 Å². The summed E-state index contributed by atoms with van der Waals surface area (Å²) in [6.07, 6.45) is 8.29. The first-order chi connectivity index (χ1) is 14.6. The van der Waals surface area contributed by atoms with E-state index < -0.39 is 5.82 Å². The van der Waals surface area contributed by atoms with Gasteiger partial charge >= 0.3 is 0 Å². The van der Waals surface area contributed by atoms with Crippen molar-refractivity contribution in [2.24, 2.45) is 0 Å². The summed E-state index contributed by atoms with van der Waals surface area (Å²) in [5.41, 5.74) is 0.838. The second kappa shape index (κ2) is 9.38. The predicted molar refractivity (Wildman–Crippen MR) is 111 cm³/mol. The van der Waals surface area contributed by atoms with E-state index >= 15 is 0 Å². The maximum Gasteiger partial charge on any atom is 0.244 e. The first-order valence-corrected chi connectivity index (χ1v) is 10.7. The normalized spacial score (nSPS) is 18.0. The highest BCUT2D eigenvalue weighted by molar-refractivity contribution is 5.92. The Kier molecular flexibility index (Phi) is 6.42. The summed E-state index contributed by atoms with van der Waals surface area (Å²) < 4.78 is 15.2. The number of halogens is 1. The number of amides is 2. The van der Waals surface area contributed by atoms with E-state index in [-0.39, 0.29) is 24.8 Å². The van der Waals surface area contributed by atoms with Gasteiger partial charge in [-0.3, -0.25) is 19.2 Å². The molecule has 1 aromatic carbocycles. The maximum atomic E-state index is 13.7. The topological polar surface area (TPSA) is 70.5 Å². The van der Waals surface area contributed by atoms with E-state index in [4.69, 9.17) is 0 Å². The van der Waals surface area contributed by atoms with Crippen LogP contribution in [0.5, 0.6) is 0 Å². The largest absolute Gasteiger partial charge is 0.339 e. The Labute approximate surface area is 175 Å². The number of nitrogens with one attached hydrogen (secondary N) is 1. The zero-order valence-electron chi connectivity index (χ0n) is 17.1. The molecular formula is C22H28FN5O2. The van der Waals surface area contributed by atoms with Crippen molar-refractivity contribution in [3.8, 4) is 0 Å². The fraction of sp³-hybridized carbons (Fsp3) is 0.500. The van der Waals surface area contributed by atoms with Crippen LogP contribution in [-0.4, -0.2) is 63.6 Å². The van der Waals surface area contributed by atoms with E-state index in [9.17, 15) is 14.0 Å². The van der Waals surface area contributed by atoms with Gasteiger partial charge in [0.25, 0.3) is 0 Å². The number of hydrogen-bond donors (Lipinski definition) is 1. The summed E-state index contributed by atoms with van der Waals surface area (Å²) in [7, 11) is 0. The van der Waals surface area contributed by atoms with Crippen LogP contribution in [0.15, 0.2) is 36.7 Å². The summed E-state index contributed by atoms with van der Waals surface area (Å²) in [6, 6.07) is 6.90. The Bertz CT molecular complexity index is 885. The number of anilines is 1. The van der Waals surface area contributed by atoms with Gasteiger partial charge in [0.2, 0.25) is 11.8 Å². The van der Waals surface area contributed by atoms with Crippen LogP contribution in [-0.2, 0) is 22.6 Å². The summed E-state index contributed by atoms with van der Waals surface area (Å²) in [5.74, 6) is -0.690. The second-order valence-electron chi connectivity index (χ2n) is 8.10. The Morgan fingerprint density at radius 3 is 2.57 bits per heavy atom. The van der Waals surface area contributed by atoms with Crippen molar-refractivity contribution in [3.63, 3.8) is 0 Å². The number of rotatable bonds is 6. The molecule has 0 unspecified atom stereocenters. The van der Waals surface area contributed by atoms with Crippen LogP contribution < -0.4 is 5.32 Å². The highest BCUT2D eigenvalue weighted by Gasteiger charge is 2.27. The molecule has 0 bridgehead atoms. The molecule has 2 fully saturated rings. The lowest BCUT2D eigenvalue weighted by Crippen LogP contribution is -2.52. The van der Waals surface area contributed by atoms with Crippen molar-refractivity contribution in [3.05, 3.63) is 48.0 Å². The molecule has 1 aromatic heterocycles. The Morgan fingerprint density at radius 2 is 1.83 bits per heavy atom. The number of carbonyl (C=O) groups excluding carboxylic acids is 2. The van der Waals surface area contributed by atoms with Crippen molar-refractivity contribution in [1.29, 1.82) is 0 Å². The van der Waals surface area contributed by atoms with Crippen LogP contribution in [0.25, 0.3) is 0 Å². The first-order valence-electron chi connectivity index (χ1n) is 10.7. The van der Waals surface area contributed by atoms with Gasteiger partial charge in [0.05, 0.1) is 18.3 Å². The molecule has 0 radical (unpaired) electrons. The molecule has 1 aliphatic carbocycles. The zero-order valence-corrected chi connectivity index (χ0v) is 17.1. The third-order valence-electron chi connectivity index (χ3n) is 6.03. The highest BCUT2D eigenvalue weighted by atomic mass is 19.1. The molecule has 1 saturated heterocycles. The van der Waals surface area contributed by atoms with Crippen molar-refractivity contribution < 1.29 is 14.0 Å². The molecule has 1 saturated carbocycles. The Morgan fingerprint density at radius 1 is 1.10 bits per heavy atom. The number of hydrogen-bond acceptors (Lipinski definition) is 4. The molecule has 30 heavy (non-hydrogen) atoms. The standard InChI is InChI=1S/C22H28FN5O2/c23-20-8-4-1-5-17(20)13-21(29)25-18-14-24-28(15-18)16-22(30)27-11-9-26(10-12-27)19-6-2-3-7-19/h1,4-5,8,14-15,19H,2-3,6-7,9-13,16H2,(H,25,29). The number of piperazine rings is 1. The van der Waals surface area contributed by atoms with E-state index in [1.54, 1.807) is 24.4 Å². The predicted octanol–water partition coefficient (Wildman–Crippen LogP) is 2.29. The average Bonchev–Trinajstić information content (AvgIpc) is 3.42. The molecule has 1 N–H and O–H groups in total. The van der Waals surface area contributed by atoms with Crippen LogP contribution in [0.4, 0.5) is 10.1 Å². The van der Waals surface area contributed by atoms with Gasteiger partial charge in [-0.05, 0) is 24.5 Å². The van der Waals surface area contributed by atoms with E-state index in [1.807, 2.05) is 4.90 Å². The van der Waals surface area contributed by atoms with Gasteiger partial charge in [-0.1, -0.05) is 31.0 Å². The third kappa shape index (κ3) is 5.05. The Hall–Kier alpha value is -2.74. The molecule has 4 rings (SSSR count). The van der Waals surface area contributed by atoms with Crippen LogP contribution in [0.3, 0.4) is 0 Å². The summed E-state index contributed by atoms with van der Waals surface area (Å²) >= 11 is 0. The number of nitrogens with zero attached hydrogens (tertiary/aromatic N) is 4. The molecule has 0 spiro atoms. The van der Waals surface area contributed by atoms with Crippen LogP contribution in [0.1, 0.15) is 31.2 Å². The fourth-order valence-electron chi connectivity index (χ4n) is 4.38. The molecule has 0 atom stereocenters. The van der Waals surface area contributed by atoms with Gasteiger partial charge in [-0.2, -0.15) is 5.10 Å². The monoisotopic (exact) mass is 413 g/mol. The lowest BCUT2D eigenvalue weighted by atomic mass is 10.1. The smallest absolute Gasteiger partial charge is 0.244 e. The highest BCUT2D eigenvalue weighted by Crippen LogP contribution is 2.24. The fourth-order valence-corrected chi connectivity index (χ4v) is 4.38. The number of aromatic nitrogens is 2. The van der Waals surface area contributed by atoms with Gasteiger partial charge in [0.1, 0.15) is 12.4 Å². The molecule has 2 aliphatic rings. The van der Waals surface area contributed by atoms with Crippen molar-refractivity contribution in [2.75, 3.05) is 31.5 Å². The third-order valence-corrected chi connectivity index (χ3v) is 6.03. The molecule has 7 nitrogen and oxygen atoms in total. The Balaban J connectivity index is 1.24. The van der Waals surface area contributed by atoms with Crippen LogP contribution in [0, 0.1) is 5.82 Å². The van der Waals surface area contributed by atoms with Gasteiger partial charge in [-0.15, -0.1) is 0 Å². The van der Waals surface area contributed by atoms with Crippen molar-refractivity contribution >= 4 is 17.5 Å². The first kappa shape index (κ1) is 20.5. The molecule has 2 heterocycles. The molecule has 160 valence electrons. The van der Waals surface area contributed by atoms with Crippen molar-refractivity contribution in [2.45, 2.75) is 44.7 Å². The van der Waals surface area contributed by atoms with E-state index in [2.05, 4.69) is 15.3 Å². The minimum absolute atomic E-state index is 0.0356. The summed E-state index contributed by atoms with van der Waals surface area (Å²) in [6.45, 7) is 3.53. The van der Waals surface area contributed by atoms with Crippen LogP contribution >= 0.6 is 0 Å². The van der Waals surface area contributed by atoms with E-state index in [1.165, 1.54) is 42.6 Å². The zero-order chi connectivity index (χ0) is 20.9. The van der Waals surface area contributed by atoms with Gasteiger partial charge in [0.15, 0.2) is 0 Å². The summed E-state index contributed by atoms with van der Waals surface area (Å²) in [4.78, 5) is 29.2. The van der Waals surface area contributed by atoms with Gasteiger partial charge in [-0.25, -0.2) is 4.39 Å². The quantitative estimate of drug-likeness (QED) is 0.789. The van der Waals surface area contributed by atoms with Crippen molar-refractivity contribution in [1.82, 2.24) is 19.6 Å². The minimum Gasteiger partial charge on any atom is -0.339 e. The molecule has 2 aromatic rings. The lowest BCUT2D eigenvalue weighted by Gasteiger charge is -2.38. The number of benzene rings is 1. The van der Waals surface area contributed by atoms with Crippen LogP contribution in [0.2, 0.25) is 0 Å². The second-order valence-corrected chi connectivity index (χ2v) is 8.10. The lowest BCUT2D eigenvalue weighted by molar-refractivity contribution is -0.134. The minimum atomic E-state index is -0.401. The molecule has 1 aliphatic heterocycles. The SMILES string of the molecule is O=C(Cc1ccccc1F)Nc1cnn(CC(=O)N2CCN(C3CCCC3)CC2)c1.